The second-order valence-electron chi connectivity index (χ2n) is 7.45. The Balaban J connectivity index is 1.47. The highest BCUT2D eigenvalue weighted by atomic mass is 16.5. The fourth-order valence-corrected chi connectivity index (χ4v) is 3.52. The van der Waals surface area contributed by atoms with E-state index in [4.69, 9.17) is 9.47 Å². The molecule has 30 heavy (non-hydrogen) atoms. The average molecular weight is 411 g/mol. The third-order valence-corrected chi connectivity index (χ3v) is 5.59. The molecule has 1 N–H and O–H groups in total. The number of nitrogens with one attached hydrogen (secondary N) is 1. The maximum Gasteiger partial charge on any atom is 0.338 e. The number of rotatable bonds is 10. The van der Waals surface area contributed by atoms with Gasteiger partial charge in [-0.25, -0.2) is 4.79 Å². The molecule has 2 aromatic rings. The molecule has 2 atom stereocenters. The van der Waals surface area contributed by atoms with Crippen LogP contribution in [0.4, 0.5) is 5.69 Å². The fraction of sp³-hybridized carbons (Fsp3) is 0.417. The van der Waals surface area contributed by atoms with Gasteiger partial charge in [0.15, 0.2) is 0 Å². The quantitative estimate of drug-likeness (QED) is 0.601. The Bertz CT molecular complexity index is 845. The first kappa shape index (κ1) is 21.8. The SMILES string of the molecule is CCN(CC)CCOC(=O)c1ccc(NC(=O)C2CC2c2ccc(OC)cc2)cc1. The van der Waals surface area contributed by atoms with Crippen molar-refractivity contribution in [2.45, 2.75) is 26.2 Å². The third-order valence-electron chi connectivity index (χ3n) is 5.59. The number of hydrogen-bond donors (Lipinski definition) is 1. The topological polar surface area (TPSA) is 67.9 Å². The Hall–Kier alpha value is -2.86. The zero-order valence-corrected chi connectivity index (χ0v) is 17.9. The molecule has 1 aliphatic rings. The number of hydrogen-bond acceptors (Lipinski definition) is 5. The molecule has 6 heteroatoms. The molecule has 0 aromatic heterocycles. The van der Waals surface area contributed by atoms with Crippen LogP contribution < -0.4 is 10.1 Å². The van der Waals surface area contributed by atoms with Crippen molar-refractivity contribution < 1.29 is 19.1 Å². The maximum atomic E-state index is 12.5. The largest absolute Gasteiger partial charge is 0.497 e. The van der Waals surface area contributed by atoms with E-state index in [2.05, 4.69) is 24.1 Å². The van der Waals surface area contributed by atoms with Crippen molar-refractivity contribution in [1.29, 1.82) is 0 Å². The minimum atomic E-state index is -0.346. The molecule has 1 aliphatic carbocycles. The molecule has 0 heterocycles. The van der Waals surface area contributed by atoms with Crippen LogP contribution >= 0.6 is 0 Å². The summed E-state index contributed by atoms with van der Waals surface area (Å²) >= 11 is 0. The monoisotopic (exact) mass is 410 g/mol. The van der Waals surface area contributed by atoms with E-state index >= 15 is 0 Å². The van der Waals surface area contributed by atoms with Crippen LogP contribution in [0.15, 0.2) is 48.5 Å². The summed E-state index contributed by atoms with van der Waals surface area (Å²) in [4.78, 5) is 26.9. The van der Waals surface area contributed by atoms with Crippen LogP contribution in [0, 0.1) is 5.92 Å². The molecule has 0 spiro atoms. The summed E-state index contributed by atoms with van der Waals surface area (Å²) in [5.74, 6) is 0.693. The van der Waals surface area contributed by atoms with Crippen LogP contribution in [0.5, 0.6) is 5.75 Å². The number of benzene rings is 2. The van der Waals surface area contributed by atoms with Gasteiger partial charge in [-0.3, -0.25) is 4.79 Å². The second-order valence-corrected chi connectivity index (χ2v) is 7.45. The minimum absolute atomic E-state index is 0.00497. The van der Waals surface area contributed by atoms with Gasteiger partial charge in [0.1, 0.15) is 12.4 Å². The molecule has 0 saturated heterocycles. The van der Waals surface area contributed by atoms with Gasteiger partial charge in [-0.1, -0.05) is 26.0 Å². The van der Waals surface area contributed by atoms with E-state index in [1.807, 2.05) is 24.3 Å². The summed E-state index contributed by atoms with van der Waals surface area (Å²) in [6, 6.07) is 14.7. The number of esters is 1. The van der Waals surface area contributed by atoms with Gasteiger partial charge < -0.3 is 19.7 Å². The molecular weight excluding hydrogens is 380 g/mol. The smallest absolute Gasteiger partial charge is 0.338 e. The predicted octanol–water partition coefficient (Wildman–Crippen LogP) is 3.94. The lowest BCUT2D eigenvalue weighted by molar-refractivity contribution is -0.117. The molecule has 160 valence electrons. The standard InChI is InChI=1S/C24H30N2O4/c1-4-26(5-2)14-15-30-24(28)18-6-10-19(11-7-18)25-23(27)22-16-21(22)17-8-12-20(29-3)13-9-17/h6-13,21-22H,4-5,14-16H2,1-3H3,(H,25,27). The van der Waals surface area contributed by atoms with E-state index in [1.54, 1.807) is 31.4 Å². The van der Waals surface area contributed by atoms with Crippen molar-refractivity contribution in [1.82, 2.24) is 4.90 Å². The first-order chi connectivity index (χ1) is 14.5. The summed E-state index contributed by atoms with van der Waals surface area (Å²) in [5, 5.41) is 2.94. The second kappa shape index (κ2) is 10.3. The summed E-state index contributed by atoms with van der Waals surface area (Å²) in [6.07, 6.45) is 0.842. The lowest BCUT2D eigenvalue weighted by Gasteiger charge is -2.17. The highest BCUT2D eigenvalue weighted by molar-refractivity contribution is 5.96. The molecule has 2 unspecified atom stereocenters. The fourth-order valence-electron chi connectivity index (χ4n) is 3.52. The molecule has 0 bridgehead atoms. The lowest BCUT2D eigenvalue weighted by Crippen LogP contribution is -2.27. The van der Waals surface area contributed by atoms with Gasteiger partial charge in [0.25, 0.3) is 0 Å². The van der Waals surface area contributed by atoms with Crippen LogP contribution in [-0.4, -0.2) is 50.1 Å². The summed E-state index contributed by atoms with van der Waals surface area (Å²) in [6.45, 7) is 7.13. The van der Waals surface area contributed by atoms with Gasteiger partial charge in [-0.2, -0.15) is 0 Å². The highest BCUT2D eigenvalue weighted by Gasteiger charge is 2.43. The molecule has 0 aliphatic heterocycles. The van der Waals surface area contributed by atoms with E-state index in [-0.39, 0.29) is 23.7 Å². The maximum absolute atomic E-state index is 12.5. The highest BCUT2D eigenvalue weighted by Crippen LogP contribution is 2.48. The Labute approximate surface area is 178 Å². The number of methoxy groups -OCH3 is 1. The molecule has 0 radical (unpaired) electrons. The molecule has 1 fully saturated rings. The first-order valence-corrected chi connectivity index (χ1v) is 10.5. The summed E-state index contributed by atoms with van der Waals surface area (Å²) < 4.78 is 10.5. The average Bonchev–Trinajstić information content (AvgIpc) is 3.58. The number of carbonyl (C=O) groups excluding carboxylic acids is 2. The van der Waals surface area contributed by atoms with Gasteiger partial charge in [0, 0.05) is 18.2 Å². The Kier molecular flexibility index (Phi) is 7.46. The van der Waals surface area contributed by atoms with Crippen LogP contribution in [0.3, 0.4) is 0 Å². The zero-order chi connectivity index (χ0) is 21.5. The van der Waals surface area contributed by atoms with Crippen LogP contribution in [0.2, 0.25) is 0 Å². The van der Waals surface area contributed by atoms with E-state index in [1.165, 1.54) is 0 Å². The van der Waals surface area contributed by atoms with Crippen molar-refractivity contribution >= 4 is 17.6 Å². The Morgan fingerprint density at radius 2 is 1.70 bits per heavy atom. The minimum Gasteiger partial charge on any atom is -0.497 e. The van der Waals surface area contributed by atoms with E-state index in [0.717, 1.165) is 37.4 Å². The third kappa shape index (κ3) is 5.60. The van der Waals surface area contributed by atoms with Gasteiger partial charge >= 0.3 is 5.97 Å². The lowest BCUT2D eigenvalue weighted by atomic mass is 10.1. The molecule has 2 aromatic carbocycles. The van der Waals surface area contributed by atoms with Crippen molar-refractivity contribution in [3.8, 4) is 5.75 Å². The number of likely N-dealkylation sites (N-methyl/N-ethyl adjacent to an activating group) is 1. The van der Waals surface area contributed by atoms with Crippen molar-refractivity contribution in [3.63, 3.8) is 0 Å². The van der Waals surface area contributed by atoms with Crippen LogP contribution in [0.1, 0.15) is 42.1 Å². The van der Waals surface area contributed by atoms with Crippen LogP contribution in [0.25, 0.3) is 0 Å². The zero-order valence-electron chi connectivity index (χ0n) is 17.9. The van der Waals surface area contributed by atoms with Gasteiger partial charge in [-0.15, -0.1) is 0 Å². The molecule has 3 rings (SSSR count). The Morgan fingerprint density at radius 3 is 2.30 bits per heavy atom. The van der Waals surface area contributed by atoms with Gasteiger partial charge in [0.05, 0.1) is 12.7 Å². The number of carbonyl (C=O) groups is 2. The normalized spacial score (nSPS) is 17.5. The molecule has 1 amide bonds. The van der Waals surface area contributed by atoms with E-state index < -0.39 is 0 Å². The number of nitrogens with zero attached hydrogens (tertiary/aromatic N) is 1. The van der Waals surface area contributed by atoms with Crippen molar-refractivity contribution in [2.75, 3.05) is 38.7 Å². The van der Waals surface area contributed by atoms with Gasteiger partial charge in [-0.05, 0) is 67.4 Å². The number of anilines is 1. The number of amides is 1. The summed E-state index contributed by atoms with van der Waals surface area (Å²) in [7, 11) is 1.64. The molecule has 1 saturated carbocycles. The Morgan fingerprint density at radius 1 is 1.03 bits per heavy atom. The van der Waals surface area contributed by atoms with E-state index in [9.17, 15) is 9.59 Å². The summed E-state index contributed by atoms with van der Waals surface area (Å²) in [5.41, 5.74) is 2.31. The number of ether oxygens (including phenoxy) is 2. The first-order valence-electron chi connectivity index (χ1n) is 10.5. The van der Waals surface area contributed by atoms with Gasteiger partial charge in [0.2, 0.25) is 5.91 Å². The predicted molar refractivity (Wildman–Crippen MR) is 117 cm³/mol. The van der Waals surface area contributed by atoms with E-state index in [0.29, 0.717) is 17.9 Å². The van der Waals surface area contributed by atoms with Crippen LogP contribution in [-0.2, 0) is 9.53 Å². The molecule has 6 nitrogen and oxygen atoms in total. The molecular formula is C24H30N2O4. The van der Waals surface area contributed by atoms with Crippen molar-refractivity contribution in [2.24, 2.45) is 5.92 Å². The van der Waals surface area contributed by atoms with Crippen molar-refractivity contribution in [3.05, 3.63) is 59.7 Å².